The van der Waals surface area contributed by atoms with E-state index in [1.165, 1.54) is 23.0 Å². The molecule has 1 aliphatic heterocycles. The molecule has 0 spiro atoms. The van der Waals surface area contributed by atoms with Gasteiger partial charge in [-0.2, -0.15) is 9.98 Å². The molecule has 40 heavy (non-hydrogen) atoms. The van der Waals surface area contributed by atoms with Crippen LogP contribution in [0.15, 0.2) is 29.4 Å². The van der Waals surface area contributed by atoms with Crippen LogP contribution in [0.25, 0.3) is 27.1 Å². The van der Waals surface area contributed by atoms with Crippen molar-refractivity contribution in [2.24, 2.45) is 0 Å². The average Bonchev–Trinajstić information content (AvgIpc) is 3.26. The second-order valence-electron chi connectivity index (χ2n) is 9.67. The van der Waals surface area contributed by atoms with E-state index in [4.69, 9.17) is 0 Å². The van der Waals surface area contributed by atoms with Crippen LogP contribution in [0.5, 0.6) is 0 Å². The molecule has 1 saturated carbocycles. The molecule has 4 aromatic heterocycles. The molecule has 1 fully saturated rings. The number of sulfonamides is 1. The fraction of sp³-hybridized carbons (Fsp3) is 0.348. The first kappa shape index (κ1) is 24.9. The van der Waals surface area contributed by atoms with Gasteiger partial charge >= 0.3 is 0 Å². The van der Waals surface area contributed by atoms with Crippen molar-refractivity contribution in [3.63, 3.8) is 0 Å². The average molecular weight is 584 g/mol. The first-order chi connectivity index (χ1) is 19.2. The predicted octanol–water partition coefficient (Wildman–Crippen LogP) is 2.62. The maximum Gasteiger partial charge on any atom is 0.291 e. The van der Waals surface area contributed by atoms with Crippen molar-refractivity contribution in [1.29, 1.82) is 5.26 Å². The number of anilines is 1. The molecule has 0 bridgehead atoms. The number of fused-ring (bicyclic) bond motifs is 4. The van der Waals surface area contributed by atoms with E-state index >= 15 is 0 Å². The van der Waals surface area contributed by atoms with E-state index in [-0.39, 0.29) is 10.0 Å². The summed E-state index contributed by atoms with van der Waals surface area (Å²) < 4.78 is 59.4. The highest BCUT2D eigenvalue weighted by molar-refractivity contribution is 7.89. The Kier molecular flexibility index (Phi) is 5.40. The van der Waals surface area contributed by atoms with Gasteiger partial charge in [-0.05, 0) is 31.9 Å². The molecule has 0 amide bonds. The van der Waals surface area contributed by atoms with E-state index in [2.05, 4.69) is 35.1 Å². The zero-order valence-corrected chi connectivity index (χ0v) is 22.4. The number of halogens is 2. The molecule has 17 heteroatoms. The Balaban J connectivity index is 1.44. The highest BCUT2D eigenvalue weighted by Gasteiger charge is 2.47. The SMILES string of the molecule is Cc1nnc2n1CCN(c1ncnc3c1c1ccc(S(=O)(=O)NC4(C#N)CC4)cc1n3-c1nnc(C(F)F)s1)C2. The topological polar surface area (TPSA) is 160 Å². The van der Waals surface area contributed by atoms with Gasteiger partial charge in [-0.15, -0.1) is 20.4 Å². The maximum atomic E-state index is 13.4. The summed E-state index contributed by atoms with van der Waals surface area (Å²) in [7, 11) is -4.07. The van der Waals surface area contributed by atoms with Crippen LogP contribution in [-0.4, -0.2) is 60.0 Å². The van der Waals surface area contributed by atoms with Crippen molar-refractivity contribution in [3.05, 3.63) is 41.2 Å². The Labute approximate surface area is 229 Å². The van der Waals surface area contributed by atoms with Crippen LogP contribution in [0.2, 0.25) is 0 Å². The molecular weight excluding hydrogens is 564 g/mol. The Morgan fingerprint density at radius 1 is 1.15 bits per heavy atom. The number of hydrogen-bond acceptors (Lipinski definition) is 11. The third kappa shape index (κ3) is 3.82. The van der Waals surface area contributed by atoms with Gasteiger partial charge in [0.1, 0.15) is 23.5 Å². The molecule has 0 atom stereocenters. The molecule has 5 aromatic rings. The standard InChI is InChI=1S/C23H19F2N11O2S2/c1-12-29-30-16-9-34(6-7-35(12)16)19-17-14-3-2-13(40(37,38)33-23(10-26)4-5-23)8-15(14)36(20(17)28-11-27-19)22-32-31-21(39-22)18(24)25/h2-3,8,11,18,33H,4-7,9H2,1H3. The van der Waals surface area contributed by atoms with Crippen molar-refractivity contribution < 1.29 is 17.2 Å². The van der Waals surface area contributed by atoms with E-state index in [1.54, 1.807) is 6.07 Å². The monoisotopic (exact) mass is 583 g/mol. The van der Waals surface area contributed by atoms with Crippen LogP contribution in [0.3, 0.4) is 0 Å². The lowest BCUT2D eigenvalue weighted by molar-refractivity contribution is 0.150. The summed E-state index contributed by atoms with van der Waals surface area (Å²) in [5.74, 6) is 2.17. The highest BCUT2D eigenvalue weighted by atomic mass is 32.2. The number of nitrogens with one attached hydrogen (secondary N) is 1. The summed E-state index contributed by atoms with van der Waals surface area (Å²) in [6.45, 7) is 3.56. The van der Waals surface area contributed by atoms with E-state index in [0.717, 1.165) is 11.6 Å². The summed E-state index contributed by atoms with van der Waals surface area (Å²) in [4.78, 5) is 11.0. The van der Waals surface area contributed by atoms with E-state index in [0.29, 0.717) is 71.6 Å². The second-order valence-corrected chi connectivity index (χ2v) is 12.3. The molecule has 1 aromatic carbocycles. The van der Waals surface area contributed by atoms with Crippen LogP contribution in [0.1, 0.15) is 35.9 Å². The van der Waals surface area contributed by atoms with Gasteiger partial charge < -0.3 is 9.47 Å². The lowest BCUT2D eigenvalue weighted by Gasteiger charge is -2.28. The minimum atomic E-state index is -4.07. The van der Waals surface area contributed by atoms with Gasteiger partial charge in [0, 0.05) is 18.5 Å². The summed E-state index contributed by atoms with van der Waals surface area (Å²) >= 11 is 0.687. The Hall–Kier alpha value is -4.14. The molecule has 0 unspecified atom stereocenters. The molecule has 204 valence electrons. The summed E-state index contributed by atoms with van der Waals surface area (Å²) in [5, 5.41) is 26.3. The van der Waals surface area contributed by atoms with Gasteiger partial charge in [0.2, 0.25) is 15.2 Å². The molecule has 5 heterocycles. The number of nitriles is 1. The van der Waals surface area contributed by atoms with Gasteiger partial charge in [0.25, 0.3) is 6.43 Å². The third-order valence-electron chi connectivity index (χ3n) is 7.15. The lowest BCUT2D eigenvalue weighted by atomic mass is 10.2. The van der Waals surface area contributed by atoms with Gasteiger partial charge in [-0.3, -0.25) is 4.57 Å². The van der Waals surface area contributed by atoms with Crippen molar-refractivity contribution in [3.8, 4) is 11.2 Å². The Morgan fingerprint density at radius 3 is 2.70 bits per heavy atom. The van der Waals surface area contributed by atoms with E-state index in [1.807, 2.05) is 22.5 Å². The number of hydrogen-bond donors (Lipinski definition) is 1. The van der Waals surface area contributed by atoms with Gasteiger partial charge in [0.15, 0.2) is 16.5 Å². The first-order valence-corrected chi connectivity index (χ1v) is 14.5. The number of benzene rings is 1. The summed E-state index contributed by atoms with van der Waals surface area (Å²) in [6, 6.07) is 6.52. The second kappa shape index (κ2) is 8.68. The van der Waals surface area contributed by atoms with Crippen LogP contribution in [0.4, 0.5) is 14.6 Å². The quantitative estimate of drug-likeness (QED) is 0.315. The van der Waals surface area contributed by atoms with Gasteiger partial charge in [0.05, 0.1) is 28.4 Å². The van der Waals surface area contributed by atoms with E-state index < -0.39 is 27.0 Å². The third-order valence-corrected chi connectivity index (χ3v) is 9.60. The maximum absolute atomic E-state index is 13.4. The smallest absolute Gasteiger partial charge is 0.291 e. The number of aryl methyl sites for hydroxylation is 1. The van der Waals surface area contributed by atoms with Gasteiger partial charge in [-0.25, -0.2) is 27.2 Å². The van der Waals surface area contributed by atoms with Crippen molar-refractivity contribution in [2.75, 3.05) is 11.4 Å². The van der Waals surface area contributed by atoms with Crippen LogP contribution < -0.4 is 9.62 Å². The number of rotatable bonds is 6. The molecule has 0 radical (unpaired) electrons. The Bertz CT molecular complexity index is 1970. The predicted molar refractivity (Wildman–Crippen MR) is 139 cm³/mol. The van der Waals surface area contributed by atoms with Crippen LogP contribution in [0, 0.1) is 18.3 Å². The van der Waals surface area contributed by atoms with Gasteiger partial charge in [-0.1, -0.05) is 17.4 Å². The molecule has 0 saturated heterocycles. The zero-order valence-electron chi connectivity index (χ0n) is 20.8. The minimum Gasteiger partial charge on any atom is -0.347 e. The number of nitrogens with zero attached hydrogens (tertiary/aromatic N) is 10. The van der Waals surface area contributed by atoms with Crippen molar-refractivity contribution >= 4 is 49.1 Å². The van der Waals surface area contributed by atoms with Crippen LogP contribution >= 0.6 is 11.3 Å². The molecule has 2 aliphatic rings. The normalized spacial score (nSPS) is 16.5. The lowest BCUT2D eigenvalue weighted by Crippen LogP contribution is -2.35. The highest BCUT2D eigenvalue weighted by Crippen LogP contribution is 2.40. The molecule has 1 N–H and O–H groups in total. The van der Waals surface area contributed by atoms with Crippen molar-refractivity contribution in [1.82, 2.24) is 44.2 Å². The zero-order chi connectivity index (χ0) is 27.8. The molecule has 13 nitrogen and oxygen atoms in total. The number of aromatic nitrogens is 8. The van der Waals surface area contributed by atoms with E-state index in [9.17, 15) is 22.5 Å². The Morgan fingerprint density at radius 2 is 1.98 bits per heavy atom. The minimum absolute atomic E-state index is 0.0831. The molecular formula is C23H19F2N11O2S2. The largest absolute Gasteiger partial charge is 0.347 e. The summed E-state index contributed by atoms with van der Waals surface area (Å²) in [5.41, 5.74) is -0.384. The molecule has 1 aliphatic carbocycles. The first-order valence-electron chi connectivity index (χ1n) is 12.2. The fourth-order valence-corrected chi connectivity index (χ4v) is 7.08. The fourth-order valence-electron chi connectivity index (χ4n) is 4.97. The van der Waals surface area contributed by atoms with Crippen LogP contribution in [-0.2, 0) is 23.1 Å². The molecule has 7 rings (SSSR count). The summed E-state index contributed by atoms with van der Waals surface area (Å²) in [6.07, 6.45) is -0.599. The van der Waals surface area contributed by atoms with Crippen molar-refractivity contribution in [2.45, 2.75) is 49.7 Å². The number of alkyl halides is 2.